The van der Waals surface area contributed by atoms with E-state index < -0.39 is 10.7 Å². The van der Waals surface area contributed by atoms with E-state index in [1.54, 1.807) is 0 Å². The standard InChI is InChI=1S/C17H15Cl2N5O4/c18-12-6-9(7-13(19)15(12)21)17(25)16-11-3-2-10(24(27)28)8-14(11)23(26)22(16)5-1-4-20/h2-3,6-8H,1,4-5,20-21H2. The minimum absolute atomic E-state index is 0.00205. The largest absolute Gasteiger partial charge is 0.595 e. The maximum absolute atomic E-state index is 13.2. The number of nitrogen functional groups attached to an aromatic ring is 1. The van der Waals surface area contributed by atoms with Crippen molar-refractivity contribution in [2.24, 2.45) is 5.73 Å². The molecule has 0 aliphatic heterocycles. The molecule has 146 valence electrons. The van der Waals surface area contributed by atoms with Crippen molar-refractivity contribution in [3.05, 3.63) is 67.0 Å². The molecular formula is C17H15Cl2N5O4. The van der Waals surface area contributed by atoms with E-state index in [1.807, 2.05) is 0 Å². The van der Waals surface area contributed by atoms with Crippen molar-refractivity contribution in [2.75, 3.05) is 12.3 Å². The van der Waals surface area contributed by atoms with Crippen LogP contribution in [-0.2, 0) is 6.54 Å². The van der Waals surface area contributed by atoms with Crippen LogP contribution in [0.5, 0.6) is 0 Å². The Labute approximate surface area is 168 Å². The van der Waals surface area contributed by atoms with Crippen LogP contribution in [-0.4, -0.2) is 21.9 Å². The van der Waals surface area contributed by atoms with Crippen LogP contribution < -0.4 is 16.3 Å². The molecular weight excluding hydrogens is 409 g/mol. The van der Waals surface area contributed by atoms with Crippen molar-refractivity contribution < 1.29 is 14.6 Å². The van der Waals surface area contributed by atoms with Crippen molar-refractivity contribution in [3.8, 4) is 0 Å². The van der Waals surface area contributed by atoms with E-state index in [0.717, 1.165) is 6.07 Å². The molecule has 28 heavy (non-hydrogen) atoms. The molecule has 0 amide bonds. The van der Waals surface area contributed by atoms with Crippen LogP contribution in [0.25, 0.3) is 10.9 Å². The second-order valence-corrected chi connectivity index (χ2v) is 6.84. The third-order valence-corrected chi connectivity index (χ3v) is 4.89. The summed E-state index contributed by atoms with van der Waals surface area (Å²) in [5, 5.41) is 24.3. The summed E-state index contributed by atoms with van der Waals surface area (Å²) in [4.78, 5) is 24.1. The zero-order valence-electron chi connectivity index (χ0n) is 14.4. The third-order valence-electron chi connectivity index (χ3n) is 4.26. The monoisotopic (exact) mass is 423 g/mol. The second-order valence-electron chi connectivity index (χ2n) is 6.03. The number of nitro groups is 1. The Kier molecular flexibility index (Phi) is 5.41. The van der Waals surface area contributed by atoms with Crippen LogP contribution in [0.1, 0.15) is 22.5 Å². The van der Waals surface area contributed by atoms with Gasteiger partial charge in [0.2, 0.25) is 5.78 Å². The van der Waals surface area contributed by atoms with Gasteiger partial charge in [-0.05, 0) is 31.2 Å². The molecule has 0 fully saturated rings. The molecule has 11 heteroatoms. The number of aromatic nitrogens is 2. The molecule has 0 atom stereocenters. The van der Waals surface area contributed by atoms with Gasteiger partial charge >= 0.3 is 0 Å². The molecule has 0 radical (unpaired) electrons. The molecule has 0 bridgehead atoms. The highest BCUT2D eigenvalue weighted by Crippen LogP contribution is 2.31. The Morgan fingerprint density at radius 1 is 1.21 bits per heavy atom. The fourth-order valence-corrected chi connectivity index (χ4v) is 3.37. The lowest BCUT2D eigenvalue weighted by atomic mass is 10.0. The summed E-state index contributed by atoms with van der Waals surface area (Å²) in [7, 11) is 0. The minimum atomic E-state index is -0.613. The second kappa shape index (κ2) is 7.63. The number of non-ortho nitro benzene ring substituents is 1. The quantitative estimate of drug-likeness (QED) is 0.155. The van der Waals surface area contributed by atoms with Gasteiger partial charge in [0.1, 0.15) is 0 Å². The number of nitro benzene ring substituents is 1. The van der Waals surface area contributed by atoms with Gasteiger partial charge < -0.3 is 16.7 Å². The van der Waals surface area contributed by atoms with E-state index >= 15 is 0 Å². The van der Waals surface area contributed by atoms with Crippen LogP contribution in [0.3, 0.4) is 0 Å². The highest BCUT2D eigenvalue weighted by atomic mass is 35.5. The number of ketones is 1. The van der Waals surface area contributed by atoms with Gasteiger partial charge in [-0.25, -0.2) is 0 Å². The predicted octanol–water partition coefficient (Wildman–Crippen LogP) is 2.65. The average molecular weight is 424 g/mol. The molecule has 0 aliphatic rings. The molecule has 0 spiro atoms. The van der Waals surface area contributed by atoms with Crippen LogP contribution >= 0.6 is 23.2 Å². The molecule has 0 saturated carbocycles. The number of carbonyl (C=O) groups is 1. The predicted molar refractivity (Wildman–Crippen MR) is 106 cm³/mol. The summed E-state index contributed by atoms with van der Waals surface area (Å²) >= 11 is 12.1. The van der Waals surface area contributed by atoms with E-state index in [9.17, 15) is 20.1 Å². The van der Waals surface area contributed by atoms with Crippen molar-refractivity contribution >= 4 is 51.3 Å². The lowest BCUT2D eigenvalue weighted by molar-refractivity contribution is -0.670. The van der Waals surface area contributed by atoms with E-state index in [-0.39, 0.29) is 50.1 Å². The molecule has 2 aromatic carbocycles. The SMILES string of the molecule is NCCCn1c(C(=O)c2cc(Cl)c(N)c(Cl)c2)c2ccc([N+](=O)[O-])cc2[n+]1[O-]. The molecule has 4 N–H and O–H groups in total. The first kappa shape index (κ1) is 19.9. The minimum Gasteiger partial charge on any atom is -0.595 e. The molecule has 0 unspecified atom stereocenters. The Bertz CT molecular complexity index is 1090. The smallest absolute Gasteiger partial charge is 0.276 e. The Balaban J connectivity index is 2.25. The number of benzene rings is 2. The number of nitrogens with two attached hydrogens (primary N) is 2. The maximum Gasteiger partial charge on any atom is 0.276 e. The zero-order chi connectivity index (χ0) is 20.6. The Morgan fingerprint density at radius 2 is 1.86 bits per heavy atom. The molecule has 0 aliphatic carbocycles. The highest BCUT2D eigenvalue weighted by Gasteiger charge is 2.29. The summed E-state index contributed by atoms with van der Waals surface area (Å²) in [5.41, 5.74) is 11.3. The summed E-state index contributed by atoms with van der Waals surface area (Å²) in [6, 6.07) is 6.44. The van der Waals surface area contributed by atoms with Gasteiger partial charge in [0.25, 0.3) is 11.2 Å². The van der Waals surface area contributed by atoms with Gasteiger partial charge in [-0.15, -0.1) is 4.68 Å². The summed E-state index contributed by atoms with van der Waals surface area (Å²) in [6.07, 6.45) is 0.425. The van der Waals surface area contributed by atoms with Crippen LogP contribution in [0.2, 0.25) is 10.0 Å². The fourth-order valence-electron chi connectivity index (χ4n) is 2.89. The van der Waals surface area contributed by atoms with E-state index in [0.29, 0.717) is 17.8 Å². The van der Waals surface area contributed by atoms with Crippen LogP contribution in [0.4, 0.5) is 11.4 Å². The van der Waals surface area contributed by atoms with Crippen molar-refractivity contribution in [3.63, 3.8) is 0 Å². The van der Waals surface area contributed by atoms with E-state index in [1.165, 1.54) is 28.9 Å². The lowest BCUT2D eigenvalue weighted by Crippen LogP contribution is -2.39. The summed E-state index contributed by atoms with van der Waals surface area (Å²) < 4.78 is 1.20. The first-order valence-corrected chi connectivity index (χ1v) is 8.91. The van der Waals surface area contributed by atoms with E-state index in [4.69, 9.17) is 34.7 Å². The van der Waals surface area contributed by atoms with Crippen molar-refractivity contribution in [1.82, 2.24) is 4.68 Å². The van der Waals surface area contributed by atoms with Gasteiger partial charge in [0, 0.05) is 11.6 Å². The van der Waals surface area contributed by atoms with E-state index in [2.05, 4.69) is 0 Å². The molecule has 1 aromatic heterocycles. The number of rotatable bonds is 6. The molecule has 0 saturated heterocycles. The Hall–Kier alpha value is -2.88. The first-order valence-electron chi connectivity index (χ1n) is 8.16. The van der Waals surface area contributed by atoms with Crippen molar-refractivity contribution in [1.29, 1.82) is 0 Å². The van der Waals surface area contributed by atoms with Gasteiger partial charge in [-0.3, -0.25) is 14.9 Å². The normalized spacial score (nSPS) is 11.1. The number of hydrogen-bond acceptors (Lipinski definition) is 6. The average Bonchev–Trinajstić information content (AvgIpc) is 2.94. The van der Waals surface area contributed by atoms with Crippen molar-refractivity contribution in [2.45, 2.75) is 13.0 Å². The van der Waals surface area contributed by atoms with Gasteiger partial charge in [-0.2, -0.15) is 0 Å². The van der Waals surface area contributed by atoms with Crippen LogP contribution in [0.15, 0.2) is 30.3 Å². The molecule has 9 nitrogen and oxygen atoms in total. The fraction of sp³-hybridized carbons (Fsp3) is 0.176. The highest BCUT2D eigenvalue weighted by molar-refractivity contribution is 6.39. The van der Waals surface area contributed by atoms with Crippen LogP contribution in [0, 0.1) is 15.3 Å². The number of nitrogens with zero attached hydrogens (tertiary/aromatic N) is 3. The Morgan fingerprint density at radius 3 is 2.43 bits per heavy atom. The summed E-state index contributed by atoms with van der Waals surface area (Å²) in [6.45, 7) is 0.446. The maximum atomic E-state index is 13.2. The van der Waals surface area contributed by atoms with Gasteiger partial charge in [-0.1, -0.05) is 28.0 Å². The summed E-state index contributed by atoms with van der Waals surface area (Å²) in [5.74, 6) is -0.519. The number of halogens is 2. The third kappa shape index (κ3) is 3.35. The number of fused-ring (bicyclic) bond motifs is 1. The number of carbonyl (C=O) groups excluding carboxylic acids is 1. The molecule has 3 rings (SSSR count). The van der Waals surface area contributed by atoms with Gasteiger partial charge in [0.05, 0.1) is 38.7 Å². The first-order chi connectivity index (χ1) is 13.3. The topological polar surface area (TPSA) is 144 Å². The lowest BCUT2D eigenvalue weighted by Gasteiger charge is -2.08. The zero-order valence-corrected chi connectivity index (χ0v) is 15.9. The van der Waals surface area contributed by atoms with Gasteiger partial charge in [0.15, 0.2) is 5.69 Å². The molecule has 1 heterocycles. The number of anilines is 1. The molecule has 3 aromatic rings. The number of hydrogen-bond donors (Lipinski definition) is 2.